The van der Waals surface area contributed by atoms with Crippen LogP contribution in [0.5, 0.6) is 0 Å². The molecular weight excluding hydrogens is 627 g/mol. The van der Waals surface area contributed by atoms with E-state index < -0.39 is 20.0 Å². The lowest BCUT2D eigenvalue weighted by molar-refractivity contribution is -0.162. The van der Waals surface area contributed by atoms with E-state index in [1.807, 2.05) is 0 Å². The molecule has 0 aromatic heterocycles. The summed E-state index contributed by atoms with van der Waals surface area (Å²) < 4.78 is 28.1. The summed E-state index contributed by atoms with van der Waals surface area (Å²) in [6.45, 7) is 8.51. The van der Waals surface area contributed by atoms with E-state index in [0.29, 0.717) is 18.7 Å². The topological polar surface area (TPSA) is 115 Å². The number of ether oxygens (including phenoxy) is 1. The molecule has 0 spiro atoms. The highest BCUT2D eigenvalue weighted by molar-refractivity contribution is 7.47. The second-order valence-corrected chi connectivity index (χ2v) is 14.1. The van der Waals surface area contributed by atoms with E-state index in [1.165, 1.54) is 83.5 Å². The fourth-order valence-electron chi connectivity index (χ4n) is 5.02. The second kappa shape index (κ2) is 35.3. The van der Waals surface area contributed by atoms with E-state index in [0.717, 1.165) is 57.8 Å². The molecule has 3 N–H and O–H groups in total. The van der Waals surface area contributed by atoms with Crippen LogP contribution in [0.15, 0.2) is 36.6 Å². The summed E-state index contributed by atoms with van der Waals surface area (Å²) in [5.41, 5.74) is 2.56. The summed E-state index contributed by atoms with van der Waals surface area (Å²) in [4.78, 5) is 27.6. The van der Waals surface area contributed by atoms with Crippen LogP contribution in [-0.2, 0) is 28.0 Å². The van der Waals surface area contributed by atoms with Gasteiger partial charge in [-0.2, -0.15) is 0 Å². The van der Waals surface area contributed by atoms with Crippen LogP contribution in [0.4, 0.5) is 0 Å². The Balaban J connectivity index is 4.32. The molecule has 48 heavy (non-hydrogen) atoms. The van der Waals surface area contributed by atoms with E-state index in [9.17, 15) is 14.3 Å². The maximum atomic E-state index is 12.4. The van der Waals surface area contributed by atoms with E-state index in [-0.39, 0.29) is 19.6 Å². The Hall–Kier alpha value is -1.48. The molecule has 0 radical (unpaired) electrons. The molecule has 9 nitrogen and oxygen atoms in total. The van der Waals surface area contributed by atoms with Crippen molar-refractivity contribution in [2.24, 2.45) is 0 Å². The van der Waals surface area contributed by atoms with Crippen LogP contribution < -0.4 is 10.8 Å². The van der Waals surface area contributed by atoms with Gasteiger partial charge in [-0.05, 0) is 71.3 Å². The van der Waals surface area contributed by atoms with E-state index >= 15 is 0 Å². The fraction of sp³-hybridized carbons (Fsp3) is 0.816. The van der Waals surface area contributed by atoms with Gasteiger partial charge < -0.3 is 19.8 Å². The summed E-state index contributed by atoms with van der Waals surface area (Å²) in [6, 6.07) is 0. The molecule has 0 heterocycles. The van der Waals surface area contributed by atoms with Crippen molar-refractivity contribution in [3.63, 3.8) is 0 Å². The zero-order valence-corrected chi connectivity index (χ0v) is 31.9. The minimum atomic E-state index is -4.30. The Morgan fingerprint density at radius 1 is 0.708 bits per heavy atom. The quantitative estimate of drug-likeness (QED) is 0.0145. The van der Waals surface area contributed by atoms with Gasteiger partial charge in [-0.15, -0.1) is 5.48 Å². The van der Waals surface area contributed by atoms with Crippen LogP contribution in [0.1, 0.15) is 168 Å². The average molecular weight is 701 g/mol. The van der Waals surface area contributed by atoms with Crippen LogP contribution in [0, 0.1) is 0 Å². The van der Waals surface area contributed by atoms with E-state index in [2.05, 4.69) is 55.5 Å². The number of nitrogens with one attached hydrogen (secondary N) is 2. The van der Waals surface area contributed by atoms with Crippen molar-refractivity contribution in [1.82, 2.24) is 10.8 Å². The largest absolute Gasteiger partial charge is 0.475 e. The van der Waals surface area contributed by atoms with Crippen LogP contribution >= 0.6 is 7.82 Å². The molecule has 282 valence electrons. The number of rotatable bonds is 37. The molecule has 0 amide bonds. The van der Waals surface area contributed by atoms with Crippen molar-refractivity contribution < 1.29 is 32.9 Å². The highest BCUT2D eigenvalue weighted by Gasteiger charge is 2.25. The third-order valence-corrected chi connectivity index (χ3v) is 8.95. The molecule has 0 saturated heterocycles. The first-order valence-electron chi connectivity index (χ1n) is 19.2. The summed E-state index contributed by atoms with van der Waals surface area (Å²) in [5, 5.41) is 2.84. The first kappa shape index (κ1) is 46.5. The smallest absolute Gasteiger partial charge is 0.472 e. The predicted octanol–water partition coefficient (Wildman–Crippen LogP) is 10.8. The molecule has 0 aliphatic carbocycles. The number of hydrogen-bond acceptors (Lipinski definition) is 8. The molecule has 0 aromatic carbocycles. The van der Waals surface area contributed by atoms with E-state index in [1.54, 1.807) is 7.05 Å². The molecule has 0 fully saturated rings. The number of phosphoric acid groups is 1. The zero-order chi connectivity index (χ0) is 35.4. The molecule has 2 unspecified atom stereocenters. The third-order valence-electron chi connectivity index (χ3n) is 7.97. The Labute approximate surface area is 294 Å². The van der Waals surface area contributed by atoms with Crippen LogP contribution in [0.2, 0.25) is 0 Å². The van der Waals surface area contributed by atoms with Gasteiger partial charge in [-0.25, -0.2) is 4.57 Å². The zero-order valence-electron chi connectivity index (χ0n) is 31.0. The molecule has 0 bridgehead atoms. The first-order chi connectivity index (χ1) is 23.3. The van der Waals surface area contributed by atoms with Gasteiger partial charge in [0.25, 0.3) is 0 Å². The van der Waals surface area contributed by atoms with E-state index in [4.69, 9.17) is 18.6 Å². The number of likely N-dealkylation sites (N-methyl/N-ethyl adjacent to an activating group) is 1. The average Bonchev–Trinajstić information content (AvgIpc) is 3.06. The number of hydroxylamine groups is 1. The predicted molar refractivity (Wildman–Crippen MR) is 199 cm³/mol. The lowest BCUT2D eigenvalue weighted by atomic mass is 10.1. The van der Waals surface area contributed by atoms with Crippen LogP contribution in [0.25, 0.3) is 0 Å². The number of phosphoric ester groups is 1. The molecule has 0 saturated carbocycles. The number of hydrogen-bond donors (Lipinski definition) is 3. The molecule has 0 aliphatic heterocycles. The summed E-state index contributed by atoms with van der Waals surface area (Å²) in [7, 11) is -2.59. The minimum Gasteiger partial charge on any atom is -0.475 e. The minimum absolute atomic E-state index is 0.0100. The lowest BCUT2D eigenvalue weighted by Gasteiger charge is -2.22. The van der Waals surface area contributed by atoms with Gasteiger partial charge in [-0.1, -0.05) is 122 Å². The fourth-order valence-corrected chi connectivity index (χ4v) is 5.74. The second-order valence-electron chi connectivity index (χ2n) is 12.7. The molecule has 10 heteroatoms. The highest BCUT2D eigenvalue weighted by atomic mass is 31.2. The van der Waals surface area contributed by atoms with Gasteiger partial charge in [0.1, 0.15) is 6.61 Å². The van der Waals surface area contributed by atoms with Gasteiger partial charge in [0.15, 0.2) is 0 Å². The van der Waals surface area contributed by atoms with Crippen molar-refractivity contribution >= 4 is 13.8 Å². The maximum absolute atomic E-state index is 12.4. The number of unbranched alkanes of at least 4 members (excludes halogenated alkanes) is 18. The van der Waals surface area contributed by atoms with Crippen LogP contribution in [-0.4, -0.2) is 43.9 Å². The maximum Gasteiger partial charge on any atom is 0.472 e. The standard InChI is InChI=1S/C38H73N2O7P/c1-5-7-9-11-13-15-17-19-21-23-25-27-29-31-36(3)46-37(35-45-48(42,43)44-34-33-39-4)40-47-38(41)32-30-28-26-24-22-20-18-16-14-12-10-8-6-2/h15-18,37,39-40H,3,5-14,19-35H2,1-2,4H3,(H,42,43). The lowest BCUT2D eigenvalue weighted by Crippen LogP contribution is -2.37. The molecule has 0 aliphatic rings. The van der Waals surface area contributed by atoms with Gasteiger partial charge in [0.05, 0.1) is 12.4 Å². The van der Waals surface area contributed by atoms with Gasteiger partial charge in [0.2, 0.25) is 6.23 Å². The van der Waals surface area contributed by atoms with Crippen molar-refractivity contribution in [3.05, 3.63) is 36.6 Å². The van der Waals surface area contributed by atoms with Crippen molar-refractivity contribution in [1.29, 1.82) is 0 Å². The van der Waals surface area contributed by atoms with Crippen molar-refractivity contribution in [2.75, 3.05) is 26.8 Å². The Morgan fingerprint density at radius 3 is 1.67 bits per heavy atom. The van der Waals surface area contributed by atoms with Crippen LogP contribution in [0.3, 0.4) is 0 Å². The van der Waals surface area contributed by atoms with Crippen molar-refractivity contribution in [3.8, 4) is 0 Å². The molecular formula is C38H73N2O7P. The van der Waals surface area contributed by atoms with Gasteiger partial charge >= 0.3 is 13.8 Å². The van der Waals surface area contributed by atoms with Gasteiger partial charge in [0, 0.05) is 19.4 Å². The highest BCUT2D eigenvalue weighted by Crippen LogP contribution is 2.43. The molecule has 0 rings (SSSR count). The monoisotopic (exact) mass is 701 g/mol. The summed E-state index contributed by atoms with van der Waals surface area (Å²) in [6.07, 6.45) is 34.9. The summed E-state index contributed by atoms with van der Waals surface area (Å²) in [5.74, 6) is 0.0809. The Kier molecular flexibility index (Phi) is 34.3. The molecule has 0 aromatic rings. The molecule has 2 atom stereocenters. The Bertz CT molecular complexity index is 853. The summed E-state index contributed by atoms with van der Waals surface area (Å²) >= 11 is 0. The van der Waals surface area contributed by atoms with Gasteiger partial charge in [-0.3, -0.25) is 13.8 Å². The Morgan fingerprint density at radius 2 is 1.17 bits per heavy atom. The normalized spacial score (nSPS) is 13.7. The SMILES string of the molecule is C=C(CCCCCCCC=CCCCCCC)OC(COP(=O)(O)OCCNC)NOC(=O)CCCCCCCC=CCCCCCC. The number of carbonyl (C=O) groups is 1. The first-order valence-corrected chi connectivity index (χ1v) is 20.7. The third kappa shape index (κ3) is 34.4. The van der Waals surface area contributed by atoms with Crippen molar-refractivity contribution in [2.45, 2.75) is 174 Å². The number of carbonyl (C=O) groups excluding carboxylic acids is 1. The number of allylic oxidation sites excluding steroid dienone is 5.